The molecule has 5 heteroatoms. The third-order valence-corrected chi connectivity index (χ3v) is 3.64. The Labute approximate surface area is 119 Å². The molecule has 1 N–H and O–H groups in total. The topological polar surface area (TPSA) is 60.2 Å². The molecule has 0 aliphatic heterocycles. The third-order valence-electron chi connectivity index (χ3n) is 3.64. The van der Waals surface area contributed by atoms with Crippen molar-refractivity contribution >= 4 is 0 Å². The fourth-order valence-corrected chi connectivity index (χ4v) is 2.48. The number of likely N-dealkylation sites (N-methyl/N-ethyl adjacent to an activating group) is 1. The number of rotatable bonds is 5. The molecular formula is C15H21N3O2. The van der Waals surface area contributed by atoms with E-state index in [2.05, 4.69) is 22.2 Å². The smallest absolute Gasteiger partial charge is 0.216 e. The molecule has 0 aromatic carbocycles. The summed E-state index contributed by atoms with van der Waals surface area (Å²) in [7, 11) is 3.56. The molecule has 0 radical (unpaired) electrons. The minimum absolute atomic E-state index is 0.159. The Bertz CT molecular complexity index is 593. The number of nitrogens with one attached hydrogen (secondary N) is 1. The summed E-state index contributed by atoms with van der Waals surface area (Å²) in [5.74, 6) is 2.51. The first kappa shape index (κ1) is 14.5. The first-order valence-corrected chi connectivity index (χ1v) is 6.65. The average molecular weight is 275 g/mol. The van der Waals surface area contributed by atoms with Crippen LogP contribution in [0, 0.1) is 20.8 Å². The molecule has 0 saturated heterocycles. The van der Waals surface area contributed by atoms with Gasteiger partial charge in [0.2, 0.25) is 5.88 Å². The van der Waals surface area contributed by atoms with Crippen molar-refractivity contribution in [2.45, 2.75) is 33.2 Å². The highest BCUT2D eigenvalue weighted by atomic mass is 16.5. The zero-order valence-corrected chi connectivity index (χ0v) is 12.7. The zero-order valence-electron chi connectivity index (χ0n) is 12.7. The summed E-state index contributed by atoms with van der Waals surface area (Å²) in [4.78, 5) is 8.34. The van der Waals surface area contributed by atoms with Gasteiger partial charge < -0.3 is 14.5 Å². The van der Waals surface area contributed by atoms with E-state index in [1.165, 1.54) is 17.5 Å². The van der Waals surface area contributed by atoms with Gasteiger partial charge in [-0.15, -0.1) is 0 Å². The van der Waals surface area contributed by atoms with Crippen LogP contribution in [-0.4, -0.2) is 24.1 Å². The highest BCUT2D eigenvalue weighted by Crippen LogP contribution is 2.29. The van der Waals surface area contributed by atoms with Crippen LogP contribution in [0.15, 0.2) is 16.8 Å². The highest BCUT2D eigenvalue weighted by Gasteiger charge is 2.20. The molecule has 0 fully saturated rings. The van der Waals surface area contributed by atoms with Gasteiger partial charge in [-0.2, -0.15) is 0 Å². The van der Waals surface area contributed by atoms with Crippen molar-refractivity contribution in [2.75, 3.05) is 14.2 Å². The lowest BCUT2D eigenvalue weighted by Gasteiger charge is -2.16. The predicted octanol–water partition coefficient (Wildman–Crippen LogP) is 2.51. The molecule has 20 heavy (non-hydrogen) atoms. The van der Waals surface area contributed by atoms with Crippen LogP contribution < -0.4 is 10.1 Å². The molecule has 0 bridgehead atoms. The maximum atomic E-state index is 5.71. The van der Waals surface area contributed by atoms with Gasteiger partial charge in [0.1, 0.15) is 17.8 Å². The van der Waals surface area contributed by atoms with Crippen molar-refractivity contribution in [1.29, 1.82) is 0 Å². The molecule has 5 nitrogen and oxygen atoms in total. The number of aromatic nitrogens is 2. The fraction of sp³-hybridized carbons (Fsp3) is 0.467. The molecule has 0 saturated carbocycles. The van der Waals surface area contributed by atoms with Crippen LogP contribution in [0.4, 0.5) is 0 Å². The summed E-state index contributed by atoms with van der Waals surface area (Å²) in [5.41, 5.74) is 3.35. The molecule has 0 aliphatic rings. The number of aryl methyl sites for hydroxylation is 2. The lowest BCUT2D eigenvalue weighted by atomic mass is 9.98. The molecule has 1 unspecified atom stereocenters. The normalized spacial score (nSPS) is 12.4. The van der Waals surface area contributed by atoms with Gasteiger partial charge in [0, 0.05) is 29.8 Å². The van der Waals surface area contributed by atoms with E-state index in [0.29, 0.717) is 5.88 Å². The van der Waals surface area contributed by atoms with E-state index in [4.69, 9.17) is 9.15 Å². The van der Waals surface area contributed by atoms with E-state index in [1.54, 1.807) is 7.11 Å². The molecule has 1 atom stereocenters. The molecule has 0 amide bonds. The van der Waals surface area contributed by atoms with Crippen molar-refractivity contribution in [3.63, 3.8) is 0 Å². The lowest BCUT2D eigenvalue weighted by Crippen LogP contribution is -2.20. The average Bonchev–Trinajstić information content (AvgIpc) is 2.70. The van der Waals surface area contributed by atoms with Gasteiger partial charge in [0.25, 0.3) is 0 Å². The van der Waals surface area contributed by atoms with Crippen molar-refractivity contribution in [3.05, 3.63) is 40.7 Å². The van der Waals surface area contributed by atoms with E-state index in [1.807, 2.05) is 27.0 Å². The van der Waals surface area contributed by atoms with Crippen LogP contribution in [0.3, 0.4) is 0 Å². The van der Waals surface area contributed by atoms with E-state index in [9.17, 15) is 0 Å². The minimum atomic E-state index is 0.159. The van der Waals surface area contributed by atoms with Crippen LogP contribution in [0.2, 0.25) is 0 Å². The molecule has 108 valence electrons. The van der Waals surface area contributed by atoms with Gasteiger partial charge in [-0.3, -0.25) is 0 Å². The number of nitrogens with zero attached hydrogens (tertiary/aromatic N) is 2. The Kier molecular flexibility index (Phi) is 4.39. The number of furan rings is 1. The largest absolute Gasteiger partial charge is 0.481 e. The Morgan fingerprint density at radius 3 is 2.55 bits per heavy atom. The Hall–Kier alpha value is -1.88. The minimum Gasteiger partial charge on any atom is -0.481 e. The number of ether oxygens (including phenoxy) is 1. The van der Waals surface area contributed by atoms with Crippen LogP contribution in [-0.2, 0) is 6.42 Å². The highest BCUT2D eigenvalue weighted by molar-refractivity contribution is 5.35. The SMILES string of the molecule is CNC(Cc1cc(OC)ncn1)c1c(C)oc(C)c1C. The fourth-order valence-electron chi connectivity index (χ4n) is 2.48. The number of hydrogen-bond donors (Lipinski definition) is 1. The van der Waals surface area contributed by atoms with E-state index >= 15 is 0 Å². The summed E-state index contributed by atoms with van der Waals surface area (Å²) in [6.45, 7) is 6.08. The molecular weight excluding hydrogens is 254 g/mol. The standard InChI is InChI=1S/C15H21N3O2/c1-9-10(2)20-11(3)15(9)13(16-4)6-12-7-14(19-5)18-8-17-12/h7-8,13,16H,6H2,1-5H3. The number of hydrogen-bond acceptors (Lipinski definition) is 5. The Balaban J connectivity index is 2.28. The summed E-state index contributed by atoms with van der Waals surface area (Å²) in [6, 6.07) is 2.02. The third kappa shape index (κ3) is 2.82. The lowest BCUT2D eigenvalue weighted by molar-refractivity contribution is 0.395. The van der Waals surface area contributed by atoms with E-state index in [-0.39, 0.29) is 6.04 Å². The first-order valence-electron chi connectivity index (χ1n) is 6.65. The van der Waals surface area contributed by atoms with Crippen molar-refractivity contribution in [1.82, 2.24) is 15.3 Å². The Morgan fingerprint density at radius 2 is 2.00 bits per heavy atom. The van der Waals surface area contributed by atoms with E-state index < -0.39 is 0 Å². The quantitative estimate of drug-likeness (QED) is 0.908. The molecule has 2 heterocycles. The van der Waals surface area contributed by atoms with Crippen LogP contribution >= 0.6 is 0 Å². The van der Waals surface area contributed by atoms with Crippen LogP contribution in [0.1, 0.15) is 34.4 Å². The zero-order chi connectivity index (χ0) is 14.7. The van der Waals surface area contributed by atoms with Gasteiger partial charge in [-0.1, -0.05) is 0 Å². The van der Waals surface area contributed by atoms with Gasteiger partial charge >= 0.3 is 0 Å². The van der Waals surface area contributed by atoms with Crippen LogP contribution in [0.25, 0.3) is 0 Å². The maximum Gasteiger partial charge on any atom is 0.216 e. The first-order chi connectivity index (χ1) is 9.56. The maximum absolute atomic E-state index is 5.71. The summed E-state index contributed by atoms with van der Waals surface area (Å²) < 4.78 is 10.9. The van der Waals surface area contributed by atoms with Gasteiger partial charge in [0.15, 0.2) is 0 Å². The van der Waals surface area contributed by atoms with Crippen molar-refractivity contribution < 1.29 is 9.15 Å². The van der Waals surface area contributed by atoms with Crippen LogP contribution in [0.5, 0.6) is 5.88 Å². The van der Waals surface area contributed by atoms with Gasteiger partial charge in [-0.25, -0.2) is 9.97 Å². The van der Waals surface area contributed by atoms with E-state index in [0.717, 1.165) is 23.6 Å². The molecule has 0 aliphatic carbocycles. The van der Waals surface area contributed by atoms with Gasteiger partial charge in [0.05, 0.1) is 7.11 Å². The summed E-state index contributed by atoms with van der Waals surface area (Å²) in [5, 5.41) is 3.34. The van der Waals surface area contributed by atoms with Gasteiger partial charge in [-0.05, 0) is 33.4 Å². The molecule has 2 aromatic rings. The molecule has 2 aromatic heterocycles. The second-order valence-corrected chi connectivity index (χ2v) is 4.85. The number of methoxy groups -OCH3 is 1. The second-order valence-electron chi connectivity index (χ2n) is 4.85. The van der Waals surface area contributed by atoms with Crippen molar-refractivity contribution in [3.8, 4) is 5.88 Å². The Morgan fingerprint density at radius 1 is 1.25 bits per heavy atom. The second kappa shape index (κ2) is 6.05. The molecule has 0 spiro atoms. The monoisotopic (exact) mass is 275 g/mol. The predicted molar refractivity (Wildman–Crippen MR) is 77.0 cm³/mol. The summed E-state index contributed by atoms with van der Waals surface area (Å²) in [6.07, 6.45) is 2.29. The summed E-state index contributed by atoms with van der Waals surface area (Å²) >= 11 is 0. The van der Waals surface area contributed by atoms with Crippen molar-refractivity contribution in [2.24, 2.45) is 0 Å². The molecule has 2 rings (SSSR count).